The van der Waals surface area contributed by atoms with Crippen LogP contribution in [0.2, 0.25) is 0 Å². The molecule has 3 N–H and O–H groups in total. The maximum absolute atomic E-state index is 12.4. The highest BCUT2D eigenvalue weighted by Gasteiger charge is 2.25. The number of primary sulfonamides is 1. The van der Waals surface area contributed by atoms with Gasteiger partial charge in [0, 0.05) is 22.9 Å². The zero-order chi connectivity index (χ0) is 16.6. The van der Waals surface area contributed by atoms with Crippen LogP contribution in [0.3, 0.4) is 0 Å². The first kappa shape index (κ1) is 15.1. The maximum atomic E-state index is 12.4. The summed E-state index contributed by atoms with van der Waals surface area (Å²) in [5, 5.41) is 7.86. The lowest BCUT2D eigenvalue weighted by Crippen LogP contribution is -2.21. The second-order valence-corrected chi connectivity index (χ2v) is 6.55. The molecule has 0 aromatic heterocycles. The lowest BCUT2D eigenvalue weighted by molar-refractivity contribution is 0.0985. The Labute approximate surface area is 132 Å². The Morgan fingerprint density at radius 2 is 1.48 bits per heavy atom. The minimum atomic E-state index is -3.78. The molecule has 0 unspecified atom stereocenters. The van der Waals surface area contributed by atoms with Gasteiger partial charge in [-0.25, -0.2) is 13.6 Å². The number of carbonyl (C=O) groups excluding carboxylic acids is 2. The van der Waals surface area contributed by atoms with E-state index in [4.69, 9.17) is 5.14 Å². The second kappa shape index (κ2) is 5.45. The summed E-state index contributed by atoms with van der Waals surface area (Å²) in [6.45, 7) is 0. The summed E-state index contributed by atoms with van der Waals surface area (Å²) < 4.78 is 22.4. The largest absolute Gasteiger partial charge is 0.352 e. The Balaban J connectivity index is 1.90. The fraction of sp³-hybridized carbons (Fsp3) is 0. The van der Waals surface area contributed by atoms with Crippen LogP contribution < -0.4 is 10.5 Å². The van der Waals surface area contributed by atoms with Gasteiger partial charge in [0.1, 0.15) is 0 Å². The van der Waals surface area contributed by atoms with Gasteiger partial charge < -0.3 is 5.32 Å². The van der Waals surface area contributed by atoms with E-state index < -0.39 is 10.0 Å². The molecule has 1 aliphatic carbocycles. The number of rotatable bonds is 3. The molecule has 0 saturated heterocycles. The monoisotopic (exact) mass is 328 g/mol. The molecule has 7 heteroatoms. The van der Waals surface area contributed by atoms with Gasteiger partial charge in [0.15, 0.2) is 5.78 Å². The number of allylic oxidation sites excluding steroid dienone is 2. The number of nitrogens with one attached hydrogen (secondary N) is 1. The van der Waals surface area contributed by atoms with Crippen LogP contribution in [0.25, 0.3) is 0 Å². The molecular weight excluding hydrogens is 316 g/mol. The number of sulfonamides is 1. The lowest BCUT2D eigenvalue weighted by atomic mass is 9.92. The molecule has 116 valence electrons. The summed E-state index contributed by atoms with van der Waals surface area (Å²) in [6, 6.07) is 12.2. The molecule has 0 amide bonds. The van der Waals surface area contributed by atoms with E-state index in [9.17, 15) is 18.0 Å². The van der Waals surface area contributed by atoms with Crippen LogP contribution in [0.5, 0.6) is 0 Å². The summed E-state index contributed by atoms with van der Waals surface area (Å²) in [5.41, 5.74) is 1.32. The van der Waals surface area contributed by atoms with Gasteiger partial charge in [0.2, 0.25) is 15.8 Å². The van der Waals surface area contributed by atoms with Crippen molar-refractivity contribution < 1.29 is 18.0 Å². The number of Topliss-reactive ketones (excluding diaryl/α,β-unsaturated/α-hetero) is 1. The highest BCUT2D eigenvalue weighted by Crippen LogP contribution is 2.23. The Morgan fingerprint density at radius 3 is 2.09 bits per heavy atom. The summed E-state index contributed by atoms with van der Waals surface area (Å²) in [6.07, 6.45) is 1.23. The molecular formula is C16H12N2O4S. The average Bonchev–Trinajstić information content (AvgIpc) is 2.52. The molecule has 6 nitrogen and oxygen atoms in total. The first-order valence-electron chi connectivity index (χ1n) is 6.66. The van der Waals surface area contributed by atoms with Crippen LogP contribution in [0.15, 0.2) is 65.2 Å². The summed E-state index contributed by atoms with van der Waals surface area (Å²) in [7, 11) is -3.78. The van der Waals surface area contributed by atoms with E-state index in [-0.39, 0.29) is 22.2 Å². The van der Waals surface area contributed by atoms with E-state index in [0.717, 1.165) is 0 Å². The smallest absolute Gasteiger partial charge is 0.238 e. The standard InChI is InChI=1S/C16H12N2O4S/c17-23(21,22)11-7-5-10(6-8-11)18-14-9-15(19)12-3-1-2-4-13(12)16(14)20/h1-9,18H,(H2,17,21,22). The Bertz CT molecular complexity index is 944. The highest BCUT2D eigenvalue weighted by molar-refractivity contribution is 7.89. The van der Waals surface area contributed by atoms with Crippen LogP contribution in [0.4, 0.5) is 5.69 Å². The third kappa shape index (κ3) is 2.92. The molecule has 2 aromatic rings. The molecule has 0 heterocycles. The van der Waals surface area contributed by atoms with Gasteiger partial charge in [-0.05, 0) is 24.3 Å². The summed E-state index contributed by atoms with van der Waals surface area (Å²) >= 11 is 0. The van der Waals surface area contributed by atoms with Crippen molar-refractivity contribution >= 4 is 27.3 Å². The van der Waals surface area contributed by atoms with E-state index in [1.165, 1.54) is 30.3 Å². The quantitative estimate of drug-likeness (QED) is 0.892. The SMILES string of the molecule is NS(=O)(=O)c1ccc(NC2=CC(=O)c3ccccc3C2=O)cc1. The number of nitrogens with two attached hydrogens (primary N) is 1. The number of hydrogen-bond donors (Lipinski definition) is 2. The molecule has 2 aromatic carbocycles. The first-order chi connectivity index (χ1) is 10.9. The van der Waals surface area contributed by atoms with Crippen molar-refractivity contribution in [2.75, 3.05) is 5.32 Å². The van der Waals surface area contributed by atoms with Gasteiger partial charge in [-0.3, -0.25) is 9.59 Å². The van der Waals surface area contributed by atoms with Crippen LogP contribution in [-0.4, -0.2) is 20.0 Å². The molecule has 0 radical (unpaired) electrons. The van der Waals surface area contributed by atoms with Crippen LogP contribution >= 0.6 is 0 Å². The Morgan fingerprint density at radius 1 is 0.870 bits per heavy atom. The zero-order valence-corrected chi connectivity index (χ0v) is 12.6. The maximum Gasteiger partial charge on any atom is 0.238 e. The van der Waals surface area contributed by atoms with E-state index in [0.29, 0.717) is 16.8 Å². The van der Waals surface area contributed by atoms with Gasteiger partial charge >= 0.3 is 0 Å². The third-order valence-electron chi connectivity index (χ3n) is 3.42. The van der Waals surface area contributed by atoms with Gasteiger partial charge in [0.05, 0.1) is 10.6 Å². The molecule has 0 atom stereocenters. The molecule has 0 spiro atoms. The molecule has 0 bridgehead atoms. The van der Waals surface area contributed by atoms with E-state index >= 15 is 0 Å². The topological polar surface area (TPSA) is 106 Å². The summed E-state index contributed by atoms with van der Waals surface area (Å²) in [4.78, 5) is 24.4. The fourth-order valence-electron chi connectivity index (χ4n) is 2.29. The number of ketones is 2. The molecule has 0 fully saturated rings. The van der Waals surface area contributed by atoms with Gasteiger partial charge in [-0.2, -0.15) is 0 Å². The van der Waals surface area contributed by atoms with Crippen molar-refractivity contribution in [3.05, 3.63) is 71.4 Å². The van der Waals surface area contributed by atoms with Crippen molar-refractivity contribution in [1.82, 2.24) is 0 Å². The van der Waals surface area contributed by atoms with Gasteiger partial charge in [0.25, 0.3) is 0 Å². The molecule has 1 aliphatic rings. The van der Waals surface area contributed by atoms with E-state index in [1.807, 2.05) is 0 Å². The lowest BCUT2D eigenvalue weighted by Gasteiger charge is -2.16. The number of hydrogen-bond acceptors (Lipinski definition) is 5. The Hall–Kier alpha value is -2.77. The predicted molar refractivity (Wildman–Crippen MR) is 84.6 cm³/mol. The Kier molecular flexibility index (Phi) is 3.59. The second-order valence-electron chi connectivity index (χ2n) is 4.99. The van der Waals surface area contributed by atoms with Crippen molar-refractivity contribution in [3.8, 4) is 0 Å². The molecule has 23 heavy (non-hydrogen) atoms. The molecule has 0 saturated carbocycles. The van der Waals surface area contributed by atoms with Gasteiger partial charge in [-0.15, -0.1) is 0 Å². The molecule has 3 rings (SSSR count). The van der Waals surface area contributed by atoms with Crippen LogP contribution in [0.1, 0.15) is 20.7 Å². The first-order valence-corrected chi connectivity index (χ1v) is 8.20. The van der Waals surface area contributed by atoms with Crippen molar-refractivity contribution in [1.29, 1.82) is 0 Å². The number of benzene rings is 2. The number of anilines is 1. The van der Waals surface area contributed by atoms with Crippen molar-refractivity contribution in [2.45, 2.75) is 4.90 Å². The summed E-state index contributed by atoms with van der Waals surface area (Å²) in [5.74, 6) is -0.556. The normalized spacial score (nSPS) is 14.2. The number of carbonyl (C=O) groups is 2. The van der Waals surface area contributed by atoms with E-state index in [1.54, 1.807) is 24.3 Å². The van der Waals surface area contributed by atoms with Gasteiger partial charge in [-0.1, -0.05) is 24.3 Å². The van der Waals surface area contributed by atoms with Crippen molar-refractivity contribution in [2.24, 2.45) is 5.14 Å². The van der Waals surface area contributed by atoms with Crippen LogP contribution in [-0.2, 0) is 10.0 Å². The van der Waals surface area contributed by atoms with Crippen LogP contribution in [0, 0.1) is 0 Å². The minimum Gasteiger partial charge on any atom is -0.352 e. The number of fused-ring (bicyclic) bond motifs is 1. The molecule has 0 aliphatic heterocycles. The van der Waals surface area contributed by atoms with Crippen molar-refractivity contribution in [3.63, 3.8) is 0 Å². The highest BCUT2D eigenvalue weighted by atomic mass is 32.2. The van der Waals surface area contributed by atoms with E-state index in [2.05, 4.69) is 5.32 Å². The third-order valence-corrected chi connectivity index (χ3v) is 4.35. The predicted octanol–water partition coefficient (Wildman–Crippen LogP) is 1.71. The zero-order valence-electron chi connectivity index (χ0n) is 11.8. The fourth-order valence-corrected chi connectivity index (χ4v) is 2.81. The minimum absolute atomic E-state index is 0.0339. The average molecular weight is 328 g/mol.